The van der Waals surface area contributed by atoms with E-state index >= 15 is 0 Å². The van der Waals surface area contributed by atoms with Crippen LogP contribution >= 0.6 is 0 Å². The molecule has 0 aromatic carbocycles. The van der Waals surface area contributed by atoms with E-state index < -0.39 is 0 Å². The molecule has 0 aliphatic rings. The zero-order chi connectivity index (χ0) is 17.1. The second-order valence-corrected chi connectivity index (χ2v) is 5.55. The van der Waals surface area contributed by atoms with Crippen molar-refractivity contribution in [3.8, 4) is 0 Å². The lowest BCUT2D eigenvalue weighted by Gasteiger charge is -2.17. The van der Waals surface area contributed by atoms with E-state index in [9.17, 15) is 4.79 Å². The van der Waals surface area contributed by atoms with Crippen LogP contribution in [0.3, 0.4) is 0 Å². The summed E-state index contributed by atoms with van der Waals surface area (Å²) in [6.45, 7) is 15.5. The second kappa shape index (κ2) is 10.9. The van der Waals surface area contributed by atoms with Crippen molar-refractivity contribution in [1.29, 1.82) is 0 Å². The van der Waals surface area contributed by atoms with E-state index in [0.29, 0.717) is 11.4 Å². The zero-order valence-corrected chi connectivity index (χ0v) is 15.0. The molecule has 0 bridgehead atoms. The van der Waals surface area contributed by atoms with Gasteiger partial charge in [-0.2, -0.15) is 0 Å². The van der Waals surface area contributed by atoms with Crippen LogP contribution in [0.2, 0.25) is 0 Å². The highest BCUT2D eigenvalue weighted by atomic mass is 16.1. The molecule has 0 spiro atoms. The summed E-state index contributed by atoms with van der Waals surface area (Å²) < 4.78 is 0. The van der Waals surface area contributed by atoms with Crippen LogP contribution in [0.4, 0.5) is 0 Å². The Bertz CT molecular complexity index is 467. The van der Waals surface area contributed by atoms with Gasteiger partial charge in [-0.15, -0.1) is 0 Å². The van der Waals surface area contributed by atoms with E-state index in [4.69, 9.17) is 0 Å². The van der Waals surface area contributed by atoms with E-state index in [1.807, 2.05) is 20.8 Å². The first-order chi connectivity index (χ1) is 10.4. The number of aliphatic imine (C=N–C) groups is 2. The van der Waals surface area contributed by atoms with Gasteiger partial charge in [0.25, 0.3) is 5.91 Å². The maximum absolute atomic E-state index is 12.3. The van der Waals surface area contributed by atoms with Crippen LogP contribution in [0.1, 0.15) is 67.2 Å². The van der Waals surface area contributed by atoms with Crippen LogP contribution in [-0.4, -0.2) is 23.9 Å². The molecular weight excluding hydrogens is 274 g/mol. The van der Waals surface area contributed by atoms with Gasteiger partial charge in [0.15, 0.2) is 0 Å². The lowest BCUT2D eigenvalue weighted by molar-refractivity contribution is -0.115. The summed E-state index contributed by atoms with van der Waals surface area (Å²) in [5.74, 6) is -0.112. The third-order valence-electron chi connectivity index (χ3n) is 3.29. The third-order valence-corrected chi connectivity index (χ3v) is 3.29. The molecule has 1 N–H and O–H groups in total. The summed E-state index contributed by atoms with van der Waals surface area (Å²) in [7, 11) is 0. The highest BCUT2D eigenvalue weighted by Gasteiger charge is 2.14. The van der Waals surface area contributed by atoms with E-state index in [-0.39, 0.29) is 11.9 Å². The van der Waals surface area contributed by atoms with Gasteiger partial charge in [0.05, 0.1) is 11.4 Å². The van der Waals surface area contributed by atoms with Crippen molar-refractivity contribution in [2.45, 2.75) is 73.3 Å². The molecule has 0 heterocycles. The molecule has 124 valence electrons. The minimum Gasteiger partial charge on any atom is -0.348 e. The van der Waals surface area contributed by atoms with Gasteiger partial charge in [0.1, 0.15) is 5.71 Å². The number of nitrogens with one attached hydrogen (secondary N) is 1. The summed E-state index contributed by atoms with van der Waals surface area (Å²) in [4.78, 5) is 21.0. The summed E-state index contributed by atoms with van der Waals surface area (Å²) >= 11 is 0. The minimum absolute atomic E-state index is 0.112. The van der Waals surface area contributed by atoms with Crippen LogP contribution in [0.5, 0.6) is 0 Å². The Balaban J connectivity index is 5.19. The van der Waals surface area contributed by atoms with Crippen molar-refractivity contribution in [3.05, 3.63) is 23.5 Å². The normalized spacial score (nSPS) is 13.5. The van der Waals surface area contributed by atoms with Crippen molar-refractivity contribution in [3.63, 3.8) is 0 Å². The zero-order valence-electron chi connectivity index (χ0n) is 15.0. The van der Waals surface area contributed by atoms with E-state index in [1.165, 1.54) is 0 Å². The molecule has 0 atom stereocenters. The Labute approximate surface area is 135 Å². The number of carbonyl (C=O) groups excluding carboxylic acids is 1. The van der Waals surface area contributed by atoms with Crippen molar-refractivity contribution in [1.82, 2.24) is 5.32 Å². The Morgan fingerprint density at radius 1 is 1.18 bits per heavy atom. The molecule has 4 heteroatoms. The fourth-order valence-corrected chi connectivity index (χ4v) is 2.23. The highest BCUT2D eigenvalue weighted by molar-refractivity contribution is 6.38. The highest BCUT2D eigenvalue weighted by Crippen LogP contribution is 2.16. The van der Waals surface area contributed by atoms with E-state index in [0.717, 1.165) is 37.0 Å². The van der Waals surface area contributed by atoms with Gasteiger partial charge in [-0.25, -0.2) is 4.99 Å². The van der Waals surface area contributed by atoms with Gasteiger partial charge in [-0.05, 0) is 46.1 Å². The first-order valence-electron chi connectivity index (χ1n) is 8.08. The summed E-state index contributed by atoms with van der Waals surface area (Å²) in [5.41, 5.74) is 2.68. The Kier molecular flexibility index (Phi) is 10.1. The quantitative estimate of drug-likeness (QED) is 0.497. The number of nitrogens with zero attached hydrogens (tertiary/aromatic N) is 2. The lowest BCUT2D eigenvalue weighted by Crippen LogP contribution is -2.38. The number of carbonyl (C=O) groups is 1. The first-order valence-corrected chi connectivity index (χ1v) is 8.08. The minimum atomic E-state index is -0.112. The maximum Gasteiger partial charge on any atom is 0.265 e. The maximum atomic E-state index is 12.3. The van der Waals surface area contributed by atoms with Gasteiger partial charge < -0.3 is 5.32 Å². The molecule has 4 nitrogen and oxygen atoms in total. The third kappa shape index (κ3) is 7.34. The van der Waals surface area contributed by atoms with Crippen LogP contribution in [-0.2, 0) is 4.79 Å². The summed E-state index contributed by atoms with van der Waals surface area (Å²) in [6, 6.07) is 0.222. The average Bonchev–Trinajstić information content (AvgIpc) is 2.44. The van der Waals surface area contributed by atoms with Crippen LogP contribution in [0.25, 0.3) is 0 Å². The Morgan fingerprint density at radius 2 is 1.73 bits per heavy atom. The average molecular weight is 305 g/mol. The fourth-order valence-electron chi connectivity index (χ4n) is 2.23. The first kappa shape index (κ1) is 20.3. The van der Waals surface area contributed by atoms with Crippen molar-refractivity contribution >= 4 is 17.8 Å². The van der Waals surface area contributed by atoms with Gasteiger partial charge in [0, 0.05) is 12.3 Å². The molecule has 0 saturated heterocycles. The fraction of sp³-hybridized carbons (Fsp3) is 0.611. The van der Waals surface area contributed by atoms with Gasteiger partial charge in [-0.1, -0.05) is 33.3 Å². The van der Waals surface area contributed by atoms with Gasteiger partial charge in [-0.3, -0.25) is 9.79 Å². The largest absolute Gasteiger partial charge is 0.348 e. The predicted molar refractivity (Wildman–Crippen MR) is 96.5 cm³/mol. The van der Waals surface area contributed by atoms with Crippen molar-refractivity contribution in [2.24, 2.45) is 9.98 Å². The number of hydrogen-bond acceptors (Lipinski definition) is 3. The lowest BCUT2D eigenvalue weighted by atomic mass is 10.1. The molecular formula is C18H31N3O. The molecule has 0 radical (unpaired) electrons. The number of allylic oxidation sites excluding steroid dienone is 2. The standard InChI is InChI=1S/C18H31N3O/c1-8-11-16(12-9-2)21-18(22)15(7)20-17(13(4)5)14(6)19-10-3/h10,16H,4,8-9,11-12H2,1-3,5-7H3,(H,21,22)/b17-14+,19-10?,20-15?. The predicted octanol–water partition coefficient (Wildman–Crippen LogP) is 4.43. The van der Waals surface area contributed by atoms with Crippen LogP contribution < -0.4 is 5.32 Å². The van der Waals surface area contributed by atoms with Crippen molar-refractivity contribution in [2.75, 3.05) is 0 Å². The van der Waals surface area contributed by atoms with Crippen molar-refractivity contribution < 1.29 is 4.79 Å². The van der Waals surface area contributed by atoms with Gasteiger partial charge >= 0.3 is 0 Å². The van der Waals surface area contributed by atoms with E-state index in [2.05, 4.69) is 35.7 Å². The number of rotatable bonds is 9. The van der Waals surface area contributed by atoms with Gasteiger partial charge in [0.2, 0.25) is 0 Å². The molecule has 0 aromatic rings. The summed E-state index contributed by atoms with van der Waals surface area (Å²) in [5, 5.41) is 3.07. The molecule has 0 unspecified atom stereocenters. The molecule has 0 aliphatic carbocycles. The molecule has 0 saturated carbocycles. The topological polar surface area (TPSA) is 53.8 Å². The second-order valence-electron chi connectivity index (χ2n) is 5.55. The number of hydrogen-bond donors (Lipinski definition) is 1. The monoisotopic (exact) mass is 305 g/mol. The number of amides is 1. The SMILES string of the molecule is C=C(C)/C(N=C(C)C(=O)NC(CCC)CCC)=C(/C)N=CC. The molecule has 0 aromatic heterocycles. The molecule has 1 amide bonds. The smallest absolute Gasteiger partial charge is 0.265 e. The molecule has 0 rings (SSSR count). The Hall–Kier alpha value is -1.71. The summed E-state index contributed by atoms with van der Waals surface area (Å²) in [6.07, 6.45) is 5.82. The molecule has 22 heavy (non-hydrogen) atoms. The molecule has 0 fully saturated rings. The molecule has 0 aliphatic heterocycles. The van der Waals surface area contributed by atoms with Crippen LogP contribution in [0.15, 0.2) is 33.5 Å². The Morgan fingerprint density at radius 3 is 2.14 bits per heavy atom. The van der Waals surface area contributed by atoms with E-state index in [1.54, 1.807) is 13.1 Å². The van der Waals surface area contributed by atoms with Crippen LogP contribution in [0, 0.1) is 0 Å².